The number of anilines is 1. The Morgan fingerprint density at radius 1 is 0.884 bits per heavy atom. The Balaban J connectivity index is 1.49. The van der Waals surface area contributed by atoms with Crippen molar-refractivity contribution in [3.63, 3.8) is 0 Å². The van der Waals surface area contributed by atoms with E-state index in [1.807, 2.05) is 110 Å². The summed E-state index contributed by atoms with van der Waals surface area (Å²) >= 11 is 0. The first-order chi connectivity index (χ1) is 20.9. The third-order valence-electron chi connectivity index (χ3n) is 9.05. The summed E-state index contributed by atoms with van der Waals surface area (Å²) in [6, 6.07) is 28.5. The van der Waals surface area contributed by atoms with Crippen molar-refractivity contribution in [1.82, 2.24) is 4.90 Å². The molecule has 43 heavy (non-hydrogen) atoms. The number of aryl methyl sites for hydroxylation is 1. The first-order valence-corrected chi connectivity index (χ1v) is 14.8. The zero-order valence-electron chi connectivity index (χ0n) is 24.1. The molecule has 6 nitrogen and oxygen atoms in total. The Morgan fingerprint density at radius 3 is 2.47 bits per heavy atom. The van der Waals surface area contributed by atoms with Crippen LogP contribution in [0.15, 0.2) is 103 Å². The van der Waals surface area contributed by atoms with Crippen LogP contribution in [-0.4, -0.2) is 35.0 Å². The number of ketones is 2. The van der Waals surface area contributed by atoms with Gasteiger partial charge in [-0.25, -0.2) is 0 Å². The molecule has 7 rings (SSSR count). The van der Waals surface area contributed by atoms with Gasteiger partial charge in [-0.2, -0.15) is 0 Å². The minimum atomic E-state index is -1.36. The molecule has 0 saturated carbocycles. The van der Waals surface area contributed by atoms with Gasteiger partial charge in [-0.05, 0) is 54.3 Å². The minimum Gasteiger partial charge on any atom is -0.494 e. The van der Waals surface area contributed by atoms with Gasteiger partial charge in [-0.3, -0.25) is 14.4 Å². The molecule has 4 aromatic rings. The number of para-hydroxylation sites is 1. The number of ether oxygens (including phenoxy) is 1. The molecule has 0 radical (unpaired) electrons. The summed E-state index contributed by atoms with van der Waals surface area (Å²) in [4.78, 5) is 46.2. The number of benzene rings is 4. The number of fused-ring (bicyclic) bond motifs is 6. The fourth-order valence-corrected chi connectivity index (χ4v) is 7.19. The monoisotopic (exact) mass is 568 g/mol. The lowest BCUT2D eigenvalue weighted by Gasteiger charge is -2.38. The van der Waals surface area contributed by atoms with Crippen LogP contribution in [0.5, 0.6) is 5.75 Å². The number of nitrogens with zero attached hydrogens (tertiary/aromatic N) is 1. The molecule has 214 valence electrons. The van der Waals surface area contributed by atoms with Crippen LogP contribution in [0.3, 0.4) is 0 Å². The predicted molar refractivity (Wildman–Crippen MR) is 166 cm³/mol. The predicted octanol–water partition coefficient (Wildman–Crippen LogP) is 6.77. The van der Waals surface area contributed by atoms with Gasteiger partial charge in [0.1, 0.15) is 17.2 Å². The summed E-state index contributed by atoms with van der Waals surface area (Å²) in [6.45, 7) is 4.52. The highest BCUT2D eigenvalue weighted by Gasteiger charge is 2.70. The molecule has 4 atom stereocenters. The normalized spacial score (nSPS) is 23.0. The van der Waals surface area contributed by atoms with Gasteiger partial charge in [-0.1, -0.05) is 91.3 Å². The zero-order valence-corrected chi connectivity index (χ0v) is 24.1. The van der Waals surface area contributed by atoms with E-state index in [4.69, 9.17) is 4.74 Å². The molecule has 0 aliphatic carbocycles. The van der Waals surface area contributed by atoms with Gasteiger partial charge in [0.25, 0.3) is 0 Å². The van der Waals surface area contributed by atoms with Crippen molar-refractivity contribution in [3.05, 3.63) is 137 Å². The Hall–Kier alpha value is -4.97. The smallest absolute Gasteiger partial charge is 0.238 e. The van der Waals surface area contributed by atoms with Crippen LogP contribution < -0.4 is 10.1 Å². The van der Waals surface area contributed by atoms with Crippen LogP contribution in [0.4, 0.5) is 5.69 Å². The molecule has 1 spiro atoms. The number of hydrogen-bond acceptors (Lipinski definition) is 5. The lowest BCUT2D eigenvalue weighted by molar-refractivity contribution is -0.122. The summed E-state index contributed by atoms with van der Waals surface area (Å²) < 4.78 is 5.88. The summed E-state index contributed by atoms with van der Waals surface area (Å²) in [5.74, 6) is -1.17. The Morgan fingerprint density at radius 2 is 1.65 bits per heavy atom. The molecule has 1 N–H and O–H groups in total. The average molecular weight is 569 g/mol. The highest BCUT2D eigenvalue weighted by Crippen LogP contribution is 2.62. The van der Waals surface area contributed by atoms with E-state index >= 15 is 4.79 Å². The van der Waals surface area contributed by atoms with E-state index in [2.05, 4.69) is 5.32 Å². The Labute approximate surface area is 251 Å². The summed E-state index contributed by atoms with van der Waals surface area (Å²) in [5.41, 5.74) is 3.86. The summed E-state index contributed by atoms with van der Waals surface area (Å²) in [7, 11) is 0. The van der Waals surface area contributed by atoms with Crippen LogP contribution in [0.25, 0.3) is 6.08 Å². The number of rotatable bonds is 7. The van der Waals surface area contributed by atoms with E-state index in [0.717, 1.165) is 28.7 Å². The van der Waals surface area contributed by atoms with Gasteiger partial charge in [0.2, 0.25) is 5.91 Å². The fourth-order valence-electron chi connectivity index (χ4n) is 7.19. The molecule has 3 heterocycles. The molecule has 0 unspecified atom stereocenters. The van der Waals surface area contributed by atoms with Crippen molar-refractivity contribution in [1.29, 1.82) is 0 Å². The lowest BCUT2D eigenvalue weighted by atomic mass is 9.62. The summed E-state index contributed by atoms with van der Waals surface area (Å²) in [6.07, 6.45) is 4.70. The maximum Gasteiger partial charge on any atom is 0.238 e. The molecule has 6 heteroatoms. The minimum absolute atomic E-state index is 0.195. The molecule has 1 saturated heterocycles. The molecule has 1 amide bonds. The summed E-state index contributed by atoms with van der Waals surface area (Å²) in [5, 5.41) is 3.10. The average Bonchev–Trinajstić information content (AvgIpc) is 3.52. The van der Waals surface area contributed by atoms with Crippen LogP contribution in [0, 0.1) is 12.8 Å². The van der Waals surface area contributed by atoms with Gasteiger partial charge in [0.05, 0.1) is 18.6 Å². The highest BCUT2D eigenvalue weighted by molar-refractivity contribution is 6.16. The largest absolute Gasteiger partial charge is 0.494 e. The van der Waals surface area contributed by atoms with Crippen LogP contribution >= 0.6 is 0 Å². The third-order valence-corrected chi connectivity index (χ3v) is 9.05. The van der Waals surface area contributed by atoms with Crippen molar-refractivity contribution in [2.45, 2.75) is 37.8 Å². The van der Waals surface area contributed by atoms with Gasteiger partial charge < -0.3 is 15.0 Å². The SMILES string of the molecule is CCCOc1cccc(C(=O)[C@@H]2[C@H](C(=O)c3ccc(C)cc3)N3C=Cc4ccccc4[C@H]3[C@]23C(=O)Nc2ccccc23)c1. The second-order valence-corrected chi connectivity index (χ2v) is 11.6. The Kier molecular flexibility index (Phi) is 6.50. The first-order valence-electron chi connectivity index (χ1n) is 14.8. The molecule has 3 aliphatic rings. The van der Waals surface area contributed by atoms with Gasteiger partial charge >= 0.3 is 0 Å². The molecule has 4 aromatic carbocycles. The number of Topliss-reactive ketones (excluding diaryl/α,β-unsaturated/α-hetero) is 2. The molecule has 1 fully saturated rings. The topological polar surface area (TPSA) is 75.7 Å². The maximum absolute atomic E-state index is 15.0. The van der Waals surface area contributed by atoms with E-state index in [0.29, 0.717) is 29.2 Å². The maximum atomic E-state index is 15.0. The Bertz CT molecular complexity index is 1790. The standard InChI is InChI=1S/C37H32N2O4/c1-3-21-43-27-11-8-10-26(22-27)33(40)31-32(34(41)25-17-15-23(2)16-18-25)39-20-19-24-9-4-5-12-28(24)35(39)37(31)29-13-6-7-14-30(29)38-36(37)42/h4-20,22,31-32,35H,3,21H2,1-2H3,(H,38,42)/t31-,32+,35-,37+/m0/s1. The van der Waals surface area contributed by atoms with Crippen molar-refractivity contribution in [3.8, 4) is 5.75 Å². The van der Waals surface area contributed by atoms with E-state index < -0.39 is 23.4 Å². The van der Waals surface area contributed by atoms with E-state index in [9.17, 15) is 9.59 Å². The molecule has 3 aliphatic heterocycles. The molecule has 0 aromatic heterocycles. The van der Waals surface area contributed by atoms with Gasteiger partial charge in [-0.15, -0.1) is 0 Å². The van der Waals surface area contributed by atoms with Gasteiger partial charge in [0, 0.05) is 23.0 Å². The van der Waals surface area contributed by atoms with Crippen LogP contribution in [-0.2, 0) is 10.2 Å². The van der Waals surface area contributed by atoms with Crippen LogP contribution in [0.1, 0.15) is 62.4 Å². The molecular weight excluding hydrogens is 536 g/mol. The number of carbonyl (C=O) groups excluding carboxylic acids is 3. The van der Waals surface area contributed by atoms with Crippen molar-refractivity contribution >= 4 is 29.2 Å². The molecule has 0 bridgehead atoms. The number of carbonyl (C=O) groups is 3. The first kappa shape index (κ1) is 26.9. The van der Waals surface area contributed by atoms with E-state index in [-0.39, 0.29) is 17.5 Å². The van der Waals surface area contributed by atoms with E-state index in [1.165, 1.54) is 0 Å². The second-order valence-electron chi connectivity index (χ2n) is 11.6. The lowest BCUT2D eigenvalue weighted by Crippen LogP contribution is -2.49. The quantitative estimate of drug-likeness (QED) is 0.249. The number of hydrogen-bond donors (Lipinski definition) is 1. The highest BCUT2D eigenvalue weighted by atomic mass is 16.5. The van der Waals surface area contributed by atoms with Crippen molar-refractivity contribution < 1.29 is 19.1 Å². The molecular formula is C37H32N2O4. The van der Waals surface area contributed by atoms with Crippen molar-refractivity contribution in [2.75, 3.05) is 11.9 Å². The number of nitrogens with one attached hydrogen (secondary N) is 1. The second kappa shape index (κ2) is 10.4. The number of amides is 1. The van der Waals surface area contributed by atoms with Crippen LogP contribution in [0.2, 0.25) is 0 Å². The fraction of sp³-hybridized carbons (Fsp3) is 0.216. The van der Waals surface area contributed by atoms with E-state index in [1.54, 1.807) is 18.2 Å². The van der Waals surface area contributed by atoms with Crippen molar-refractivity contribution in [2.24, 2.45) is 5.92 Å². The van der Waals surface area contributed by atoms with Gasteiger partial charge in [0.15, 0.2) is 11.6 Å². The third kappa shape index (κ3) is 4.04. The zero-order chi connectivity index (χ0) is 29.7.